The Morgan fingerprint density at radius 3 is 2.91 bits per heavy atom. The lowest BCUT2D eigenvalue weighted by atomic mass is 10.0. The van der Waals surface area contributed by atoms with Crippen molar-refractivity contribution in [3.05, 3.63) is 0 Å². The van der Waals surface area contributed by atoms with Crippen molar-refractivity contribution in [2.45, 2.75) is 12.5 Å². The molecule has 1 heterocycles. The second-order valence-corrected chi connectivity index (χ2v) is 3.26. The molecule has 0 aliphatic carbocycles. The predicted octanol–water partition coefficient (Wildman–Crippen LogP) is 0.152. The normalized spacial score (nSPS) is 31.2. The van der Waals surface area contributed by atoms with Gasteiger partial charge in [-0.05, 0) is 20.5 Å². The molecule has 1 rings (SSSR count). The standard InChI is InChI=1S/C8H15NO2/c1-9(2)5-8-7(6-10)3-4-11-8/h6-8H,3-5H2,1-2H3. The van der Waals surface area contributed by atoms with Gasteiger partial charge in [0.1, 0.15) is 6.29 Å². The second kappa shape index (κ2) is 3.83. The van der Waals surface area contributed by atoms with Crippen molar-refractivity contribution in [2.24, 2.45) is 5.92 Å². The van der Waals surface area contributed by atoms with Crippen molar-refractivity contribution in [3.63, 3.8) is 0 Å². The fourth-order valence-electron chi connectivity index (χ4n) is 1.37. The predicted molar refractivity (Wildman–Crippen MR) is 42.5 cm³/mol. The summed E-state index contributed by atoms with van der Waals surface area (Å²) < 4.78 is 5.39. The van der Waals surface area contributed by atoms with Gasteiger partial charge in [0.05, 0.1) is 6.10 Å². The molecule has 1 aliphatic rings. The lowest BCUT2D eigenvalue weighted by Gasteiger charge is -2.18. The summed E-state index contributed by atoms with van der Waals surface area (Å²) in [6.45, 7) is 1.59. The monoisotopic (exact) mass is 157 g/mol. The van der Waals surface area contributed by atoms with Gasteiger partial charge in [-0.1, -0.05) is 0 Å². The summed E-state index contributed by atoms with van der Waals surface area (Å²) in [6.07, 6.45) is 2.03. The maximum Gasteiger partial charge on any atom is 0.125 e. The Morgan fingerprint density at radius 2 is 2.36 bits per heavy atom. The summed E-state index contributed by atoms with van der Waals surface area (Å²) in [5, 5.41) is 0. The number of carbonyl (C=O) groups excluding carboxylic acids is 1. The van der Waals surface area contributed by atoms with Crippen molar-refractivity contribution in [3.8, 4) is 0 Å². The highest BCUT2D eigenvalue weighted by atomic mass is 16.5. The van der Waals surface area contributed by atoms with Crippen LogP contribution in [0.4, 0.5) is 0 Å². The van der Waals surface area contributed by atoms with Gasteiger partial charge in [0.15, 0.2) is 0 Å². The molecular weight excluding hydrogens is 142 g/mol. The fourth-order valence-corrected chi connectivity index (χ4v) is 1.37. The minimum atomic E-state index is 0.123. The third kappa shape index (κ3) is 2.27. The molecule has 1 fully saturated rings. The van der Waals surface area contributed by atoms with E-state index in [1.807, 2.05) is 19.0 Å². The van der Waals surface area contributed by atoms with Crippen molar-refractivity contribution < 1.29 is 9.53 Å². The van der Waals surface area contributed by atoms with E-state index in [-0.39, 0.29) is 12.0 Å². The first kappa shape index (κ1) is 8.68. The molecule has 0 amide bonds. The van der Waals surface area contributed by atoms with Gasteiger partial charge in [-0.25, -0.2) is 0 Å². The average Bonchev–Trinajstić information content (AvgIpc) is 2.34. The van der Waals surface area contributed by atoms with Crippen LogP contribution in [0.1, 0.15) is 6.42 Å². The van der Waals surface area contributed by atoms with Gasteiger partial charge in [0.25, 0.3) is 0 Å². The summed E-state index contributed by atoms with van der Waals surface area (Å²) >= 11 is 0. The third-order valence-electron chi connectivity index (χ3n) is 1.98. The smallest absolute Gasteiger partial charge is 0.125 e. The molecule has 0 bridgehead atoms. The summed E-state index contributed by atoms with van der Waals surface area (Å²) in [5.41, 5.74) is 0. The number of rotatable bonds is 3. The van der Waals surface area contributed by atoms with Crippen LogP contribution in [0.15, 0.2) is 0 Å². The lowest BCUT2D eigenvalue weighted by Crippen LogP contribution is -2.30. The quantitative estimate of drug-likeness (QED) is 0.546. The Morgan fingerprint density at radius 1 is 1.64 bits per heavy atom. The van der Waals surface area contributed by atoms with Crippen LogP contribution in [-0.2, 0) is 9.53 Å². The van der Waals surface area contributed by atoms with Crippen molar-refractivity contribution >= 4 is 6.29 Å². The van der Waals surface area contributed by atoms with E-state index in [2.05, 4.69) is 0 Å². The molecule has 3 heteroatoms. The van der Waals surface area contributed by atoms with Crippen LogP contribution in [0, 0.1) is 5.92 Å². The topological polar surface area (TPSA) is 29.5 Å². The van der Waals surface area contributed by atoms with Gasteiger partial charge in [0.2, 0.25) is 0 Å². The minimum absolute atomic E-state index is 0.123. The van der Waals surface area contributed by atoms with Crippen LogP contribution < -0.4 is 0 Å². The Hall–Kier alpha value is -0.410. The Kier molecular flexibility index (Phi) is 3.02. The summed E-state index contributed by atoms with van der Waals surface area (Å²) in [7, 11) is 3.98. The number of hydrogen-bond donors (Lipinski definition) is 0. The number of carbonyl (C=O) groups is 1. The molecule has 3 nitrogen and oxygen atoms in total. The van der Waals surface area contributed by atoms with Crippen LogP contribution in [0.2, 0.25) is 0 Å². The van der Waals surface area contributed by atoms with Crippen LogP contribution in [-0.4, -0.2) is 44.5 Å². The van der Waals surface area contributed by atoms with E-state index in [4.69, 9.17) is 4.74 Å². The number of hydrogen-bond acceptors (Lipinski definition) is 3. The van der Waals surface area contributed by atoms with Crippen molar-refractivity contribution in [1.29, 1.82) is 0 Å². The van der Waals surface area contributed by atoms with E-state index >= 15 is 0 Å². The minimum Gasteiger partial charge on any atom is -0.376 e. The molecule has 0 spiro atoms. The van der Waals surface area contributed by atoms with E-state index in [1.54, 1.807) is 0 Å². The van der Waals surface area contributed by atoms with Crippen LogP contribution >= 0.6 is 0 Å². The van der Waals surface area contributed by atoms with Gasteiger partial charge in [-0.2, -0.15) is 0 Å². The molecule has 0 aromatic rings. The first-order valence-corrected chi connectivity index (χ1v) is 3.95. The zero-order valence-electron chi connectivity index (χ0n) is 7.12. The van der Waals surface area contributed by atoms with Gasteiger partial charge in [-0.15, -0.1) is 0 Å². The molecule has 64 valence electrons. The third-order valence-corrected chi connectivity index (χ3v) is 1.98. The van der Waals surface area contributed by atoms with Gasteiger partial charge >= 0.3 is 0 Å². The maximum absolute atomic E-state index is 10.5. The fraction of sp³-hybridized carbons (Fsp3) is 0.875. The molecule has 0 aromatic carbocycles. The first-order chi connectivity index (χ1) is 5.24. The Labute approximate surface area is 67.3 Å². The Balaban J connectivity index is 2.37. The molecule has 0 aromatic heterocycles. The summed E-state index contributed by atoms with van der Waals surface area (Å²) in [5.74, 6) is 0.123. The molecule has 2 atom stereocenters. The molecule has 0 radical (unpaired) electrons. The SMILES string of the molecule is CN(C)CC1OCCC1C=O. The Bertz CT molecular complexity index is 136. The van der Waals surface area contributed by atoms with Gasteiger partial charge in [0, 0.05) is 19.1 Å². The highest BCUT2D eigenvalue weighted by Gasteiger charge is 2.27. The maximum atomic E-state index is 10.5. The highest BCUT2D eigenvalue weighted by molar-refractivity contribution is 5.55. The van der Waals surface area contributed by atoms with Crippen molar-refractivity contribution in [1.82, 2.24) is 4.90 Å². The van der Waals surface area contributed by atoms with E-state index in [0.29, 0.717) is 0 Å². The molecule has 1 saturated heterocycles. The summed E-state index contributed by atoms with van der Waals surface area (Å²) in [4.78, 5) is 12.5. The van der Waals surface area contributed by atoms with Crippen LogP contribution in [0.25, 0.3) is 0 Å². The first-order valence-electron chi connectivity index (χ1n) is 3.95. The van der Waals surface area contributed by atoms with Crippen molar-refractivity contribution in [2.75, 3.05) is 27.2 Å². The van der Waals surface area contributed by atoms with E-state index < -0.39 is 0 Å². The number of aldehydes is 1. The molecular formula is C8H15NO2. The largest absolute Gasteiger partial charge is 0.376 e. The molecule has 11 heavy (non-hydrogen) atoms. The number of ether oxygens (including phenoxy) is 1. The average molecular weight is 157 g/mol. The van der Waals surface area contributed by atoms with E-state index in [1.165, 1.54) is 0 Å². The zero-order chi connectivity index (χ0) is 8.27. The summed E-state index contributed by atoms with van der Waals surface area (Å²) in [6, 6.07) is 0. The lowest BCUT2D eigenvalue weighted by molar-refractivity contribution is -0.112. The van der Waals surface area contributed by atoms with Gasteiger partial charge < -0.3 is 14.4 Å². The molecule has 2 unspecified atom stereocenters. The number of likely N-dealkylation sites (N-methyl/N-ethyl adjacent to an activating group) is 1. The number of nitrogens with zero attached hydrogens (tertiary/aromatic N) is 1. The second-order valence-electron chi connectivity index (χ2n) is 3.26. The molecule has 0 N–H and O–H groups in total. The highest BCUT2D eigenvalue weighted by Crippen LogP contribution is 2.18. The van der Waals surface area contributed by atoms with Gasteiger partial charge in [-0.3, -0.25) is 0 Å². The van der Waals surface area contributed by atoms with E-state index in [9.17, 15) is 4.79 Å². The van der Waals surface area contributed by atoms with Crippen LogP contribution in [0.3, 0.4) is 0 Å². The molecule has 0 saturated carbocycles. The van der Waals surface area contributed by atoms with Crippen LogP contribution in [0.5, 0.6) is 0 Å². The van der Waals surface area contributed by atoms with E-state index in [0.717, 1.165) is 25.9 Å². The zero-order valence-corrected chi connectivity index (χ0v) is 7.12. The molecule has 1 aliphatic heterocycles.